The van der Waals surface area contributed by atoms with E-state index < -0.39 is 11.7 Å². The first-order chi connectivity index (χ1) is 9.45. The lowest BCUT2D eigenvalue weighted by molar-refractivity contribution is -0.137. The number of hydrogen-bond donors (Lipinski definition) is 1. The molecule has 0 saturated heterocycles. The van der Waals surface area contributed by atoms with E-state index in [-0.39, 0.29) is 5.69 Å². The topological polar surface area (TPSA) is 12.0 Å². The van der Waals surface area contributed by atoms with Crippen LogP contribution in [-0.2, 0) is 6.18 Å². The van der Waals surface area contributed by atoms with Gasteiger partial charge in [-0.05, 0) is 43.0 Å². The lowest BCUT2D eigenvalue weighted by Gasteiger charge is -2.15. The third-order valence-electron chi connectivity index (χ3n) is 2.88. The van der Waals surface area contributed by atoms with Crippen LogP contribution in [0.15, 0.2) is 22.7 Å². The molecule has 0 spiro atoms. The van der Waals surface area contributed by atoms with Crippen molar-refractivity contribution in [1.29, 1.82) is 0 Å². The first-order valence-electron chi connectivity index (χ1n) is 6.54. The molecule has 1 aromatic carbocycles. The second-order valence-corrected chi connectivity index (χ2v) is 6.42. The van der Waals surface area contributed by atoms with Crippen molar-refractivity contribution in [3.63, 3.8) is 0 Å². The molecule has 0 aliphatic rings. The van der Waals surface area contributed by atoms with Gasteiger partial charge in [0.25, 0.3) is 0 Å². The van der Waals surface area contributed by atoms with Gasteiger partial charge in [-0.15, -0.1) is 0 Å². The zero-order chi connectivity index (χ0) is 15.0. The molecule has 0 amide bonds. The fourth-order valence-electron chi connectivity index (χ4n) is 1.86. The Morgan fingerprint density at radius 3 is 2.50 bits per heavy atom. The predicted octanol–water partition coefficient (Wildman–Crippen LogP) is 5.80. The summed E-state index contributed by atoms with van der Waals surface area (Å²) in [5.41, 5.74) is -0.459. The number of benzene rings is 1. The summed E-state index contributed by atoms with van der Waals surface area (Å²) in [5, 5.41) is 2.90. The van der Waals surface area contributed by atoms with Crippen molar-refractivity contribution in [1.82, 2.24) is 0 Å². The Hall–Kier alpha value is -0.360. The second-order valence-electron chi connectivity index (χ2n) is 4.52. The summed E-state index contributed by atoms with van der Waals surface area (Å²) < 4.78 is 39.2. The van der Waals surface area contributed by atoms with Crippen LogP contribution in [0.25, 0.3) is 0 Å². The molecule has 114 valence electrons. The molecule has 0 aliphatic heterocycles. The van der Waals surface area contributed by atoms with Crippen LogP contribution in [0.5, 0.6) is 0 Å². The van der Waals surface area contributed by atoms with Crippen molar-refractivity contribution in [3.05, 3.63) is 28.2 Å². The predicted molar refractivity (Wildman–Crippen MR) is 84.5 cm³/mol. The highest BCUT2D eigenvalue weighted by atomic mass is 79.9. The highest BCUT2D eigenvalue weighted by Crippen LogP contribution is 2.36. The van der Waals surface area contributed by atoms with Crippen LogP contribution >= 0.6 is 27.7 Å². The van der Waals surface area contributed by atoms with Gasteiger partial charge in [-0.1, -0.05) is 28.8 Å². The molecular formula is C14H19BrF3NS. The molecule has 20 heavy (non-hydrogen) atoms. The van der Waals surface area contributed by atoms with Crippen molar-refractivity contribution in [3.8, 4) is 0 Å². The minimum absolute atomic E-state index is 0.149. The zero-order valence-corrected chi connectivity index (χ0v) is 13.8. The number of thioether (sulfide) groups is 1. The van der Waals surface area contributed by atoms with Crippen molar-refractivity contribution in [2.75, 3.05) is 23.9 Å². The number of anilines is 1. The number of halogens is 4. The van der Waals surface area contributed by atoms with E-state index in [2.05, 4.69) is 27.5 Å². The summed E-state index contributed by atoms with van der Waals surface area (Å²) in [7, 11) is 0. The number of rotatable bonds is 8. The van der Waals surface area contributed by atoms with Gasteiger partial charge in [0.05, 0.1) is 5.56 Å². The monoisotopic (exact) mass is 369 g/mol. The van der Waals surface area contributed by atoms with Crippen LogP contribution in [0.1, 0.15) is 31.2 Å². The summed E-state index contributed by atoms with van der Waals surface area (Å²) in [5.74, 6) is 1.15. The average Bonchev–Trinajstić information content (AvgIpc) is 2.36. The summed E-state index contributed by atoms with van der Waals surface area (Å²) in [6.45, 7) is 0.568. The van der Waals surface area contributed by atoms with Gasteiger partial charge in [0.2, 0.25) is 0 Å². The van der Waals surface area contributed by atoms with E-state index in [1.54, 1.807) is 0 Å². The lowest BCUT2D eigenvalue weighted by atomic mass is 10.1. The summed E-state index contributed by atoms with van der Waals surface area (Å²) in [6.07, 6.45) is 1.99. The number of unbranched alkanes of at least 4 members (excludes halogenated alkanes) is 3. The number of alkyl halides is 3. The first kappa shape index (κ1) is 17.7. The van der Waals surface area contributed by atoms with Gasteiger partial charge < -0.3 is 5.32 Å². The van der Waals surface area contributed by atoms with Crippen LogP contribution in [0, 0.1) is 0 Å². The van der Waals surface area contributed by atoms with Crippen molar-refractivity contribution >= 4 is 33.4 Å². The van der Waals surface area contributed by atoms with E-state index in [4.69, 9.17) is 0 Å². The SMILES string of the molecule is CSCCCCCCNc1cc(Br)ccc1C(F)(F)F. The molecule has 0 unspecified atom stereocenters. The third kappa shape index (κ3) is 6.39. The molecule has 0 aliphatic carbocycles. The fourth-order valence-corrected chi connectivity index (χ4v) is 2.71. The van der Waals surface area contributed by atoms with Gasteiger partial charge in [-0.3, -0.25) is 0 Å². The molecule has 0 aromatic heterocycles. The molecule has 0 atom stereocenters. The van der Waals surface area contributed by atoms with E-state index in [0.717, 1.165) is 31.1 Å². The van der Waals surface area contributed by atoms with Crippen LogP contribution in [0.3, 0.4) is 0 Å². The largest absolute Gasteiger partial charge is 0.418 e. The fraction of sp³-hybridized carbons (Fsp3) is 0.571. The molecule has 0 bridgehead atoms. The molecule has 1 N–H and O–H groups in total. The minimum atomic E-state index is -4.32. The lowest BCUT2D eigenvalue weighted by Crippen LogP contribution is -2.11. The van der Waals surface area contributed by atoms with Gasteiger partial charge in [-0.25, -0.2) is 0 Å². The first-order valence-corrected chi connectivity index (χ1v) is 8.73. The Bertz CT molecular complexity index is 410. The van der Waals surface area contributed by atoms with Crippen LogP contribution in [0.4, 0.5) is 18.9 Å². The Morgan fingerprint density at radius 2 is 1.85 bits per heavy atom. The van der Waals surface area contributed by atoms with E-state index in [0.29, 0.717) is 11.0 Å². The molecule has 1 nitrogen and oxygen atoms in total. The normalized spacial score (nSPS) is 11.7. The standard InChI is InChI=1S/C14H19BrF3NS/c1-20-9-5-3-2-4-8-19-13-10-11(15)6-7-12(13)14(16,17)18/h6-7,10,19H,2-5,8-9H2,1H3. The minimum Gasteiger partial charge on any atom is -0.385 e. The molecule has 6 heteroatoms. The van der Waals surface area contributed by atoms with Gasteiger partial charge >= 0.3 is 6.18 Å². The third-order valence-corrected chi connectivity index (χ3v) is 4.07. The molecule has 0 saturated carbocycles. The molecule has 0 heterocycles. The van der Waals surface area contributed by atoms with Gasteiger partial charge in [0.1, 0.15) is 0 Å². The Labute approximate surface area is 130 Å². The average molecular weight is 370 g/mol. The quantitative estimate of drug-likeness (QED) is 0.580. The maximum Gasteiger partial charge on any atom is 0.418 e. The van der Waals surface area contributed by atoms with Gasteiger partial charge in [-0.2, -0.15) is 24.9 Å². The van der Waals surface area contributed by atoms with Crippen molar-refractivity contribution in [2.24, 2.45) is 0 Å². The molecule has 0 radical (unpaired) electrons. The van der Waals surface area contributed by atoms with E-state index >= 15 is 0 Å². The Balaban J connectivity index is 2.45. The van der Waals surface area contributed by atoms with Crippen LogP contribution in [-0.4, -0.2) is 18.6 Å². The van der Waals surface area contributed by atoms with Gasteiger partial charge in [0, 0.05) is 16.7 Å². The van der Waals surface area contributed by atoms with E-state index in [1.807, 2.05) is 11.8 Å². The van der Waals surface area contributed by atoms with Crippen LogP contribution in [0.2, 0.25) is 0 Å². The zero-order valence-electron chi connectivity index (χ0n) is 11.4. The summed E-state index contributed by atoms with van der Waals surface area (Å²) in [6, 6.07) is 4.00. The van der Waals surface area contributed by atoms with E-state index in [1.165, 1.54) is 18.6 Å². The van der Waals surface area contributed by atoms with Crippen molar-refractivity contribution in [2.45, 2.75) is 31.9 Å². The van der Waals surface area contributed by atoms with E-state index in [9.17, 15) is 13.2 Å². The molecule has 0 fully saturated rings. The molecule has 1 aromatic rings. The molecular weight excluding hydrogens is 351 g/mol. The second kappa shape index (κ2) is 8.82. The smallest absolute Gasteiger partial charge is 0.385 e. The highest BCUT2D eigenvalue weighted by molar-refractivity contribution is 9.10. The Kier molecular flexibility index (Phi) is 7.80. The maximum absolute atomic E-state index is 12.8. The Morgan fingerprint density at radius 1 is 1.15 bits per heavy atom. The number of nitrogens with one attached hydrogen (secondary N) is 1. The summed E-state index contributed by atoms with van der Waals surface area (Å²) in [4.78, 5) is 0. The van der Waals surface area contributed by atoms with Gasteiger partial charge in [0.15, 0.2) is 0 Å². The molecule has 1 rings (SSSR count). The maximum atomic E-state index is 12.8. The number of hydrogen-bond acceptors (Lipinski definition) is 2. The van der Waals surface area contributed by atoms with Crippen molar-refractivity contribution < 1.29 is 13.2 Å². The van der Waals surface area contributed by atoms with Crippen LogP contribution < -0.4 is 5.32 Å². The summed E-state index contributed by atoms with van der Waals surface area (Å²) >= 11 is 5.03. The highest BCUT2D eigenvalue weighted by Gasteiger charge is 2.33.